The average molecular weight is 320 g/mol. The Morgan fingerprint density at radius 2 is 1.96 bits per heavy atom. The zero-order chi connectivity index (χ0) is 16.8. The number of hydrogen-bond acceptors (Lipinski definition) is 4. The molecule has 5 heteroatoms. The Morgan fingerprint density at radius 1 is 1.26 bits per heavy atom. The van der Waals surface area contributed by atoms with Crippen LogP contribution in [-0.4, -0.2) is 61.2 Å². The zero-order valence-electron chi connectivity index (χ0n) is 14.4. The van der Waals surface area contributed by atoms with E-state index in [1.54, 1.807) is 25.3 Å². The fourth-order valence-electron chi connectivity index (χ4n) is 3.26. The largest absolute Gasteiger partial charge is 0.496 e. The van der Waals surface area contributed by atoms with Crippen LogP contribution in [0.15, 0.2) is 18.2 Å². The van der Waals surface area contributed by atoms with Gasteiger partial charge < -0.3 is 19.6 Å². The van der Waals surface area contributed by atoms with Gasteiger partial charge in [0, 0.05) is 31.2 Å². The molecule has 1 N–H and O–H groups in total. The molecular weight excluding hydrogens is 292 g/mol. The monoisotopic (exact) mass is 320 g/mol. The minimum atomic E-state index is -0.905. The molecule has 0 spiro atoms. The summed E-state index contributed by atoms with van der Waals surface area (Å²) >= 11 is 0. The lowest BCUT2D eigenvalue weighted by Gasteiger charge is -2.27. The van der Waals surface area contributed by atoms with Crippen molar-refractivity contribution in [1.29, 1.82) is 0 Å². The number of aromatic carboxylic acids is 1. The van der Waals surface area contributed by atoms with Gasteiger partial charge in [-0.15, -0.1) is 0 Å². The number of carboxylic acid groups (broad SMARTS) is 1. The fraction of sp³-hybridized carbons (Fsp3) is 0.611. The molecular formula is C18H28N2O3. The maximum atomic E-state index is 11.1. The Balaban J connectivity index is 1.92. The van der Waals surface area contributed by atoms with Crippen LogP contribution >= 0.6 is 0 Å². The average Bonchev–Trinajstić information content (AvgIpc) is 3.07. The first-order chi connectivity index (χ1) is 11.0. The molecule has 0 amide bonds. The summed E-state index contributed by atoms with van der Waals surface area (Å²) in [5.41, 5.74) is 1.22. The highest BCUT2D eigenvalue weighted by Gasteiger charge is 2.19. The van der Waals surface area contributed by atoms with Gasteiger partial charge in [-0.05, 0) is 45.1 Å². The quantitative estimate of drug-likeness (QED) is 0.798. The van der Waals surface area contributed by atoms with E-state index in [1.165, 1.54) is 25.7 Å². The Bertz CT molecular complexity index is 527. The predicted octanol–water partition coefficient (Wildman–Crippen LogP) is 2.70. The van der Waals surface area contributed by atoms with E-state index in [0.29, 0.717) is 12.1 Å². The van der Waals surface area contributed by atoms with Crippen LogP contribution in [0.1, 0.15) is 41.6 Å². The predicted molar refractivity (Wildman–Crippen MR) is 91.2 cm³/mol. The summed E-state index contributed by atoms with van der Waals surface area (Å²) in [7, 11) is 5.89. The highest BCUT2D eigenvalue weighted by molar-refractivity contribution is 5.88. The number of carbonyl (C=O) groups is 1. The van der Waals surface area contributed by atoms with Crippen LogP contribution in [0, 0.1) is 0 Å². The van der Waals surface area contributed by atoms with E-state index in [9.17, 15) is 4.79 Å². The van der Waals surface area contributed by atoms with Crippen molar-refractivity contribution in [2.75, 3.05) is 34.3 Å². The van der Waals surface area contributed by atoms with Gasteiger partial charge in [0.2, 0.25) is 0 Å². The Morgan fingerprint density at radius 3 is 2.57 bits per heavy atom. The molecule has 0 aliphatic heterocycles. The summed E-state index contributed by atoms with van der Waals surface area (Å²) in [6, 6.07) is 5.75. The third kappa shape index (κ3) is 4.94. The lowest BCUT2D eigenvalue weighted by molar-refractivity contribution is 0.0696. The van der Waals surface area contributed by atoms with Gasteiger partial charge in [-0.2, -0.15) is 0 Å². The van der Waals surface area contributed by atoms with Gasteiger partial charge in [0.25, 0.3) is 0 Å². The number of nitrogens with zero attached hydrogens (tertiary/aromatic N) is 2. The molecule has 0 aromatic heterocycles. The maximum Gasteiger partial charge on any atom is 0.335 e. The third-order valence-corrected chi connectivity index (χ3v) is 4.75. The molecule has 5 nitrogen and oxygen atoms in total. The van der Waals surface area contributed by atoms with Crippen molar-refractivity contribution in [3.05, 3.63) is 29.3 Å². The Kier molecular flexibility index (Phi) is 6.42. The van der Waals surface area contributed by atoms with Crippen LogP contribution in [0.3, 0.4) is 0 Å². The topological polar surface area (TPSA) is 53.0 Å². The second-order valence-electron chi connectivity index (χ2n) is 6.49. The van der Waals surface area contributed by atoms with Gasteiger partial charge in [-0.1, -0.05) is 12.8 Å². The first kappa shape index (κ1) is 17.8. The number of rotatable bonds is 8. The molecule has 1 saturated carbocycles. The van der Waals surface area contributed by atoms with Crippen molar-refractivity contribution >= 4 is 5.97 Å². The molecule has 1 aliphatic rings. The molecule has 128 valence electrons. The number of carboxylic acids is 1. The van der Waals surface area contributed by atoms with Gasteiger partial charge in [0.1, 0.15) is 5.75 Å². The molecule has 0 saturated heterocycles. The van der Waals surface area contributed by atoms with Gasteiger partial charge in [0.15, 0.2) is 0 Å². The van der Waals surface area contributed by atoms with Crippen molar-refractivity contribution in [3.8, 4) is 5.75 Å². The smallest absolute Gasteiger partial charge is 0.335 e. The number of hydrogen-bond donors (Lipinski definition) is 1. The third-order valence-electron chi connectivity index (χ3n) is 4.75. The van der Waals surface area contributed by atoms with Crippen molar-refractivity contribution in [2.45, 2.75) is 38.3 Å². The number of likely N-dealkylation sites (N-methyl/N-ethyl adjacent to an activating group) is 2. The molecule has 2 rings (SSSR count). The van der Waals surface area contributed by atoms with Crippen LogP contribution < -0.4 is 4.74 Å². The van der Waals surface area contributed by atoms with E-state index in [4.69, 9.17) is 9.84 Å². The van der Waals surface area contributed by atoms with Crippen LogP contribution in [0.2, 0.25) is 0 Å². The lowest BCUT2D eigenvalue weighted by atomic mass is 10.1. The zero-order valence-corrected chi connectivity index (χ0v) is 14.4. The SMILES string of the molecule is COc1ccc(C(=O)O)cc1CN(C)CCN(C)C1CCCC1. The molecule has 0 heterocycles. The van der Waals surface area contributed by atoms with Crippen LogP contribution in [0.5, 0.6) is 5.75 Å². The Hall–Kier alpha value is -1.59. The number of methoxy groups -OCH3 is 1. The molecule has 1 fully saturated rings. The molecule has 0 unspecified atom stereocenters. The van der Waals surface area contributed by atoms with Crippen LogP contribution in [-0.2, 0) is 6.54 Å². The molecule has 23 heavy (non-hydrogen) atoms. The molecule has 0 atom stereocenters. The molecule has 1 aliphatic carbocycles. The highest BCUT2D eigenvalue weighted by atomic mass is 16.5. The van der Waals surface area contributed by atoms with Crippen molar-refractivity contribution < 1.29 is 14.6 Å². The molecule has 1 aromatic rings. The lowest BCUT2D eigenvalue weighted by Crippen LogP contribution is -2.36. The second kappa shape index (κ2) is 8.31. The standard InChI is InChI=1S/C18H28N2O3/c1-19(10-11-20(2)16-6-4-5-7-16)13-15-12-14(18(21)22)8-9-17(15)23-3/h8-9,12,16H,4-7,10-11,13H2,1-3H3,(H,21,22). The molecule has 0 radical (unpaired) electrons. The normalized spacial score (nSPS) is 15.5. The van der Waals surface area contributed by atoms with E-state index in [2.05, 4.69) is 23.9 Å². The maximum absolute atomic E-state index is 11.1. The van der Waals surface area contributed by atoms with E-state index in [1.807, 2.05) is 0 Å². The summed E-state index contributed by atoms with van der Waals surface area (Å²) < 4.78 is 5.36. The van der Waals surface area contributed by atoms with Gasteiger partial charge >= 0.3 is 5.97 Å². The van der Waals surface area contributed by atoms with Gasteiger partial charge in [-0.25, -0.2) is 4.79 Å². The van der Waals surface area contributed by atoms with Crippen molar-refractivity contribution in [2.24, 2.45) is 0 Å². The fourth-order valence-corrected chi connectivity index (χ4v) is 3.26. The number of benzene rings is 1. The second-order valence-corrected chi connectivity index (χ2v) is 6.49. The van der Waals surface area contributed by atoms with E-state index in [-0.39, 0.29) is 0 Å². The minimum absolute atomic E-state index is 0.303. The van der Waals surface area contributed by atoms with E-state index >= 15 is 0 Å². The van der Waals surface area contributed by atoms with Crippen molar-refractivity contribution in [3.63, 3.8) is 0 Å². The summed E-state index contributed by atoms with van der Waals surface area (Å²) in [6.07, 6.45) is 5.33. The minimum Gasteiger partial charge on any atom is -0.496 e. The Labute approximate surface area is 138 Å². The van der Waals surface area contributed by atoms with Crippen LogP contribution in [0.25, 0.3) is 0 Å². The van der Waals surface area contributed by atoms with Gasteiger partial charge in [-0.3, -0.25) is 0 Å². The van der Waals surface area contributed by atoms with Crippen LogP contribution in [0.4, 0.5) is 0 Å². The van der Waals surface area contributed by atoms with Gasteiger partial charge in [0.05, 0.1) is 12.7 Å². The summed E-state index contributed by atoms with van der Waals surface area (Å²) in [6.45, 7) is 2.67. The molecule has 1 aromatic carbocycles. The first-order valence-electron chi connectivity index (χ1n) is 8.30. The van der Waals surface area contributed by atoms with Crippen molar-refractivity contribution in [1.82, 2.24) is 9.80 Å². The van der Waals surface area contributed by atoms with E-state index < -0.39 is 5.97 Å². The number of ether oxygens (including phenoxy) is 1. The summed E-state index contributed by atoms with van der Waals surface area (Å²) in [5.74, 6) is -0.163. The highest BCUT2D eigenvalue weighted by Crippen LogP contribution is 2.23. The van der Waals surface area contributed by atoms with E-state index in [0.717, 1.165) is 30.4 Å². The molecule has 0 bridgehead atoms. The summed E-state index contributed by atoms with van der Waals surface area (Å²) in [5, 5.41) is 9.14. The first-order valence-corrected chi connectivity index (χ1v) is 8.30. The summed E-state index contributed by atoms with van der Waals surface area (Å²) in [4.78, 5) is 15.8.